The zero-order valence-corrected chi connectivity index (χ0v) is 10.5. The fourth-order valence-corrected chi connectivity index (χ4v) is 1.84. The molecule has 0 saturated carbocycles. The molecular formula is C14H16FNO2. The fourth-order valence-electron chi connectivity index (χ4n) is 1.84. The number of nitrogens with zero attached hydrogens (tertiary/aromatic N) is 1. The first-order chi connectivity index (χ1) is 8.69. The Hall–Kier alpha value is -1.81. The molecule has 0 N–H and O–H groups in total. The van der Waals surface area contributed by atoms with Crippen LogP contribution in [0.1, 0.15) is 11.3 Å². The molecule has 1 aromatic carbocycles. The lowest BCUT2D eigenvalue weighted by Gasteiger charge is -2.15. The molecule has 3 nitrogen and oxygen atoms in total. The van der Waals surface area contributed by atoms with Gasteiger partial charge in [-0.3, -0.25) is 4.90 Å². The summed E-state index contributed by atoms with van der Waals surface area (Å²) < 4.78 is 23.7. The highest BCUT2D eigenvalue weighted by Gasteiger charge is 2.07. The number of rotatable bonds is 5. The number of furan rings is 1. The molecule has 2 aromatic rings. The fraction of sp³-hybridized carbons (Fsp3) is 0.286. The summed E-state index contributed by atoms with van der Waals surface area (Å²) in [7, 11) is 3.42. The van der Waals surface area contributed by atoms with E-state index in [-0.39, 0.29) is 11.6 Å². The maximum atomic E-state index is 13.5. The van der Waals surface area contributed by atoms with Crippen LogP contribution in [-0.4, -0.2) is 19.1 Å². The van der Waals surface area contributed by atoms with Gasteiger partial charge in [-0.15, -0.1) is 0 Å². The van der Waals surface area contributed by atoms with Gasteiger partial charge in [0.05, 0.1) is 19.9 Å². The van der Waals surface area contributed by atoms with Crippen LogP contribution in [0.2, 0.25) is 0 Å². The minimum Gasteiger partial charge on any atom is -0.494 e. The van der Waals surface area contributed by atoms with Gasteiger partial charge in [-0.25, -0.2) is 4.39 Å². The Morgan fingerprint density at radius 3 is 2.72 bits per heavy atom. The average molecular weight is 249 g/mol. The molecule has 0 amide bonds. The summed E-state index contributed by atoms with van der Waals surface area (Å²) in [6.07, 6.45) is 1.65. The summed E-state index contributed by atoms with van der Waals surface area (Å²) >= 11 is 0. The molecule has 0 bridgehead atoms. The Kier molecular flexibility index (Phi) is 3.99. The van der Waals surface area contributed by atoms with Crippen LogP contribution in [0.5, 0.6) is 5.75 Å². The first-order valence-corrected chi connectivity index (χ1v) is 5.72. The van der Waals surface area contributed by atoms with Crippen LogP contribution in [0, 0.1) is 5.82 Å². The topological polar surface area (TPSA) is 25.6 Å². The van der Waals surface area contributed by atoms with Gasteiger partial charge in [-0.1, -0.05) is 6.07 Å². The van der Waals surface area contributed by atoms with Gasteiger partial charge in [0.2, 0.25) is 0 Å². The monoisotopic (exact) mass is 249 g/mol. The lowest BCUT2D eigenvalue weighted by Crippen LogP contribution is -2.16. The Labute approximate surface area is 106 Å². The summed E-state index contributed by atoms with van der Waals surface area (Å²) in [6.45, 7) is 1.35. The van der Waals surface area contributed by atoms with E-state index in [1.54, 1.807) is 12.3 Å². The lowest BCUT2D eigenvalue weighted by molar-refractivity contribution is 0.287. The van der Waals surface area contributed by atoms with Gasteiger partial charge in [-0.2, -0.15) is 0 Å². The van der Waals surface area contributed by atoms with E-state index in [2.05, 4.69) is 4.90 Å². The molecule has 96 valence electrons. The van der Waals surface area contributed by atoms with Crippen LogP contribution in [0.3, 0.4) is 0 Å². The number of benzene rings is 1. The minimum atomic E-state index is -0.332. The number of halogens is 1. The summed E-state index contributed by atoms with van der Waals surface area (Å²) in [4.78, 5) is 2.06. The summed E-state index contributed by atoms with van der Waals surface area (Å²) in [5.41, 5.74) is 0.905. The second-order valence-corrected chi connectivity index (χ2v) is 4.22. The van der Waals surface area contributed by atoms with Crippen molar-refractivity contribution in [1.29, 1.82) is 0 Å². The molecule has 0 atom stereocenters. The summed E-state index contributed by atoms with van der Waals surface area (Å²) in [5, 5.41) is 0. The van der Waals surface area contributed by atoms with Gasteiger partial charge in [0.15, 0.2) is 11.6 Å². The summed E-state index contributed by atoms with van der Waals surface area (Å²) in [6, 6.07) is 8.78. The SMILES string of the molecule is COc1ccc(CN(C)Cc2ccco2)cc1F. The quantitative estimate of drug-likeness (QED) is 0.814. The molecule has 0 spiro atoms. The van der Waals surface area contributed by atoms with Crippen molar-refractivity contribution in [2.24, 2.45) is 0 Å². The van der Waals surface area contributed by atoms with Crippen molar-refractivity contribution in [3.8, 4) is 5.75 Å². The zero-order valence-electron chi connectivity index (χ0n) is 10.5. The molecule has 0 radical (unpaired) electrons. The Bertz CT molecular complexity index is 497. The minimum absolute atomic E-state index is 0.271. The molecular weight excluding hydrogens is 233 g/mol. The molecule has 0 saturated heterocycles. The molecule has 0 aliphatic carbocycles. The molecule has 1 heterocycles. The van der Waals surface area contributed by atoms with E-state index in [4.69, 9.17) is 9.15 Å². The average Bonchev–Trinajstić information content (AvgIpc) is 2.82. The highest BCUT2D eigenvalue weighted by molar-refractivity contribution is 5.29. The number of ether oxygens (including phenoxy) is 1. The van der Waals surface area contributed by atoms with Crippen LogP contribution in [0.4, 0.5) is 4.39 Å². The standard InChI is InChI=1S/C14H16FNO2/c1-16(10-12-4-3-7-18-12)9-11-5-6-14(17-2)13(15)8-11/h3-8H,9-10H2,1-2H3. The number of methoxy groups -OCH3 is 1. The summed E-state index contributed by atoms with van der Waals surface area (Å²) in [5.74, 6) is 0.834. The van der Waals surface area contributed by atoms with Gasteiger partial charge in [0.1, 0.15) is 5.76 Å². The van der Waals surface area contributed by atoms with Gasteiger partial charge >= 0.3 is 0 Å². The van der Waals surface area contributed by atoms with Crippen molar-refractivity contribution in [2.45, 2.75) is 13.1 Å². The Morgan fingerprint density at radius 2 is 2.11 bits per heavy atom. The smallest absolute Gasteiger partial charge is 0.165 e. The number of hydrogen-bond donors (Lipinski definition) is 0. The zero-order chi connectivity index (χ0) is 13.0. The molecule has 2 rings (SSSR count). The molecule has 0 fully saturated rings. The third kappa shape index (κ3) is 3.11. The predicted octanol–water partition coefficient (Wildman–Crippen LogP) is 3.06. The second-order valence-electron chi connectivity index (χ2n) is 4.22. The normalized spacial score (nSPS) is 10.9. The highest BCUT2D eigenvalue weighted by Crippen LogP contribution is 2.18. The van der Waals surface area contributed by atoms with E-state index in [1.165, 1.54) is 13.2 Å². The van der Waals surface area contributed by atoms with Gasteiger partial charge < -0.3 is 9.15 Å². The maximum Gasteiger partial charge on any atom is 0.165 e. The van der Waals surface area contributed by atoms with Crippen LogP contribution in [0.15, 0.2) is 41.0 Å². The Morgan fingerprint density at radius 1 is 1.28 bits per heavy atom. The molecule has 0 unspecified atom stereocenters. The van der Waals surface area contributed by atoms with Crippen molar-refractivity contribution in [2.75, 3.05) is 14.2 Å². The van der Waals surface area contributed by atoms with E-state index < -0.39 is 0 Å². The third-order valence-corrected chi connectivity index (χ3v) is 2.67. The van der Waals surface area contributed by atoms with E-state index in [0.717, 1.165) is 11.3 Å². The van der Waals surface area contributed by atoms with Crippen molar-refractivity contribution >= 4 is 0 Å². The first kappa shape index (κ1) is 12.6. The molecule has 18 heavy (non-hydrogen) atoms. The molecule has 1 aromatic heterocycles. The lowest BCUT2D eigenvalue weighted by atomic mass is 10.2. The van der Waals surface area contributed by atoms with Crippen molar-refractivity contribution in [1.82, 2.24) is 4.90 Å². The van der Waals surface area contributed by atoms with E-state index in [9.17, 15) is 4.39 Å². The van der Waals surface area contributed by atoms with Crippen molar-refractivity contribution < 1.29 is 13.5 Å². The van der Waals surface area contributed by atoms with Gasteiger partial charge in [-0.05, 0) is 36.9 Å². The largest absolute Gasteiger partial charge is 0.494 e. The first-order valence-electron chi connectivity index (χ1n) is 5.72. The molecule has 4 heteroatoms. The van der Waals surface area contributed by atoms with Crippen LogP contribution in [-0.2, 0) is 13.1 Å². The predicted molar refractivity (Wildman–Crippen MR) is 66.8 cm³/mol. The van der Waals surface area contributed by atoms with E-state index >= 15 is 0 Å². The highest BCUT2D eigenvalue weighted by atomic mass is 19.1. The Balaban J connectivity index is 1.98. The van der Waals surface area contributed by atoms with Crippen LogP contribution >= 0.6 is 0 Å². The van der Waals surface area contributed by atoms with Gasteiger partial charge in [0, 0.05) is 6.54 Å². The van der Waals surface area contributed by atoms with Crippen LogP contribution in [0.25, 0.3) is 0 Å². The van der Waals surface area contributed by atoms with Crippen LogP contribution < -0.4 is 4.74 Å². The van der Waals surface area contributed by atoms with Crippen molar-refractivity contribution in [3.63, 3.8) is 0 Å². The molecule has 0 aliphatic rings. The van der Waals surface area contributed by atoms with Crippen molar-refractivity contribution in [3.05, 3.63) is 53.7 Å². The molecule has 0 aliphatic heterocycles. The van der Waals surface area contributed by atoms with Gasteiger partial charge in [0.25, 0.3) is 0 Å². The maximum absolute atomic E-state index is 13.5. The third-order valence-electron chi connectivity index (χ3n) is 2.67. The van der Waals surface area contributed by atoms with E-state index in [0.29, 0.717) is 13.1 Å². The van der Waals surface area contributed by atoms with E-state index in [1.807, 2.05) is 25.2 Å². The number of hydrogen-bond acceptors (Lipinski definition) is 3. The second kappa shape index (κ2) is 5.69.